The van der Waals surface area contributed by atoms with E-state index in [0.717, 1.165) is 62.1 Å². The zero-order chi connectivity index (χ0) is 34.9. The molecule has 3 fully saturated rings. The van der Waals surface area contributed by atoms with Crippen LogP contribution in [0.4, 0.5) is 33.4 Å². The molecule has 16 heteroatoms. The monoisotopic (exact) mass is 724 g/mol. The molecule has 0 radical (unpaired) electrons. The summed E-state index contributed by atoms with van der Waals surface area (Å²) in [6, 6.07) is 2.78. The highest BCUT2D eigenvalue weighted by Gasteiger charge is 2.38. The molecule has 5 amide bonds. The van der Waals surface area contributed by atoms with Crippen molar-refractivity contribution in [1.82, 2.24) is 29.8 Å². The number of nitrogen functional groups attached to an aromatic ring is 1. The van der Waals surface area contributed by atoms with Crippen molar-refractivity contribution in [3.63, 3.8) is 0 Å². The van der Waals surface area contributed by atoms with E-state index in [9.17, 15) is 27.6 Å². The van der Waals surface area contributed by atoms with Gasteiger partial charge in [-0.05, 0) is 81.4 Å². The van der Waals surface area contributed by atoms with Gasteiger partial charge in [0.25, 0.3) is 0 Å². The van der Waals surface area contributed by atoms with Crippen LogP contribution in [0, 0.1) is 0 Å². The molecule has 4 N–H and O–H groups in total. The van der Waals surface area contributed by atoms with Crippen LogP contribution in [0.1, 0.15) is 48.8 Å². The number of nitrogens with two attached hydrogens (primary N) is 1. The normalized spacial score (nSPS) is 21.2. The standard InChI is InChI=1S/C33H44ClF3N8O3S/c1-41-8-2-9-42(15-14-41)23-3-10-43(11-4-23)30(46)27(19-21-17-25(33(35,36)37)28(38)26(34)18-21)39-31(47)44-12-5-24(6-13-44)45-20-22-7-16-49-29(22)40-32(45)48/h7,16-18,23-24,27H,2-6,8-15,19-20,38H2,1H3,(H,39,47)(H,40,48)/t27-/m1/s1. The van der Waals surface area contributed by atoms with Crippen LogP contribution in [0.2, 0.25) is 5.02 Å². The highest BCUT2D eigenvalue weighted by Crippen LogP contribution is 2.38. The molecule has 268 valence electrons. The smallest absolute Gasteiger partial charge is 0.397 e. The summed E-state index contributed by atoms with van der Waals surface area (Å²) in [4.78, 5) is 50.4. The van der Waals surface area contributed by atoms with Gasteiger partial charge in [0.2, 0.25) is 5.91 Å². The quantitative estimate of drug-likeness (QED) is 0.370. The van der Waals surface area contributed by atoms with E-state index < -0.39 is 29.5 Å². The van der Waals surface area contributed by atoms with Gasteiger partial charge in [-0.15, -0.1) is 11.3 Å². The van der Waals surface area contributed by atoms with Crippen LogP contribution >= 0.6 is 22.9 Å². The van der Waals surface area contributed by atoms with E-state index in [1.807, 2.05) is 11.4 Å². The summed E-state index contributed by atoms with van der Waals surface area (Å²) < 4.78 is 41.4. The van der Waals surface area contributed by atoms with Crippen LogP contribution in [0.15, 0.2) is 23.6 Å². The Hall–Kier alpha value is -3.27. The molecule has 1 aromatic heterocycles. The number of carbonyl (C=O) groups excluding carboxylic acids is 3. The van der Waals surface area contributed by atoms with Crippen molar-refractivity contribution in [2.75, 3.05) is 70.5 Å². The molecule has 4 aliphatic rings. The van der Waals surface area contributed by atoms with E-state index in [0.29, 0.717) is 51.6 Å². The van der Waals surface area contributed by atoms with Crippen molar-refractivity contribution in [2.45, 2.75) is 69.4 Å². The van der Waals surface area contributed by atoms with Gasteiger partial charge in [0.15, 0.2) is 0 Å². The fourth-order valence-electron chi connectivity index (χ4n) is 7.48. The zero-order valence-electron chi connectivity index (χ0n) is 27.6. The van der Waals surface area contributed by atoms with Gasteiger partial charge in [-0.3, -0.25) is 15.0 Å². The summed E-state index contributed by atoms with van der Waals surface area (Å²) in [6.45, 7) is 6.25. The topological polar surface area (TPSA) is 117 Å². The van der Waals surface area contributed by atoms with Gasteiger partial charge in [-0.1, -0.05) is 11.6 Å². The first-order valence-corrected chi connectivity index (χ1v) is 18.2. The lowest BCUT2D eigenvalue weighted by Crippen LogP contribution is -2.57. The lowest BCUT2D eigenvalue weighted by molar-refractivity contribution is -0.137. The van der Waals surface area contributed by atoms with Gasteiger partial charge < -0.3 is 30.7 Å². The minimum atomic E-state index is -4.74. The number of thiophene rings is 1. The van der Waals surface area contributed by atoms with Gasteiger partial charge in [-0.2, -0.15) is 13.2 Å². The van der Waals surface area contributed by atoms with Crippen LogP contribution in [-0.2, 0) is 23.9 Å². The number of hydrogen-bond acceptors (Lipinski definition) is 7. The Morgan fingerprint density at radius 2 is 1.71 bits per heavy atom. The SMILES string of the molecule is CN1CCCN(C2CCN(C(=O)[C@@H](Cc3cc(Cl)c(N)c(C(F)(F)F)c3)NC(=O)N3CCC(N4Cc5ccsc5NC4=O)CC3)CC2)CC1. The first-order valence-electron chi connectivity index (χ1n) is 16.9. The number of hydrogen-bond donors (Lipinski definition) is 3. The lowest BCUT2D eigenvalue weighted by Gasteiger charge is -2.41. The predicted octanol–water partition coefficient (Wildman–Crippen LogP) is 4.76. The van der Waals surface area contributed by atoms with Gasteiger partial charge >= 0.3 is 18.2 Å². The number of alkyl halides is 3. The van der Waals surface area contributed by atoms with E-state index >= 15 is 0 Å². The number of amides is 5. The summed E-state index contributed by atoms with van der Waals surface area (Å²) >= 11 is 7.62. The zero-order valence-corrected chi connectivity index (χ0v) is 29.2. The van der Waals surface area contributed by atoms with E-state index in [2.05, 4.69) is 27.5 Å². The van der Waals surface area contributed by atoms with E-state index in [4.69, 9.17) is 17.3 Å². The summed E-state index contributed by atoms with van der Waals surface area (Å²) in [5, 5.41) is 8.34. The lowest BCUT2D eigenvalue weighted by atomic mass is 9.98. The van der Waals surface area contributed by atoms with Gasteiger partial charge in [0.1, 0.15) is 11.0 Å². The number of likely N-dealkylation sites (N-methyl/N-ethyl adjacent to an activating group) is 1. The molecule has 49 heavy (non-hydrogen) atoms. The largest absolute Gasteiger partial charge is 0.418 e. The second-order valence-corrected chi connectivity index (χ2v) is 14.9. The average molecular weight is 725 g/mol. The highest BCUT2D eigenvalue weighted by molar-refractivity contribution is 7.14. The summed E-state index contributed by atoms with van der Waals surface area (Å²) in [7, 11) is 2.13. The van der Waals surface area contributed by atoms with Gasteiger partial charge in [-0.25, -0.2) is 9.59 Å². The van der Waals surface area contributed by atoms with Crippen molar-refractivity contribution < 1.29 is 27.6 Å². The van der Waals surface area contributed by atoms with E-state index in [-0.39, 0.29) is 35.0 Å². The Balaban J connectivity index is 1.13. The number of benzene rings is 1. The number of urea groups is 2. The first kappa shape index (κ1) is 35.6. The molecule has 0 aliphatic carbocycles. The molecule has 6 rings (SSSR count). The number of rotatable bonds is 6. The average Bonchev–Trinajstić information content (AvgIpc) is 3.42. The molecule has 1 aromatic carbocycles. The number of anilines is 2. The van der Waals surface area contributed by atoms with Crippen LogP contribution in [0.25, 0.3) is 0 Å². The van der Waals surface area contributed by atoms with Crippen molar-refractivity contribution in [2.24, 2.45) is 0 Å². The Morgan fingerprint density at radius 3 is 2.43 bits per heavy atom. The van der Waals surface area contributed by atoms with E-state index in [1.54, 1.807) is 14.7 Å². The molecule has 4 aliphatic heterocycles. The molecule has 5 heterocycles. The molecular formula is C33H44ClF3N8O3S. The van der Waals surface area contributed by atoms with Crippen LogP contribution < -0.4 is 16.4 Å². The fourth-order valence-corrected chi connectivity index (χ4v) is 8.52. The van der Waals surface area contributed by atoms with Crippen LogP contribution in [-0.4, -0.2) is 120 Å². The third kappa shape index (κ3) is 8.21. The predicted molar refractivity (Wildman–Crippen MR) is 184 cm³/mol. The second kappa shape index (κ2) is 14.9. The third-order valence-corrected chi connectivity index (χ3v) is 11.5. The molecule has 2 aromatic rings. The van der Waals surface area contributed by atoms with Crippen LogP contribution in [0.3, 0.4) is 0 Å². The molecule has 0 unspecified atom stereocenters. The molecule has 3 saturated heterocycles. The summed E-state index contributed by atoms with van der Waals surface area (Å²) in [6.07, 6.45) is -1.15. The molecular weight excluding hydrogens is 681 g/mol. The van der Waals surface area contributed by atoms with Crippen LogP contribution in [0.5, 0.6) is 0 Å². The first-order chi connectivity index (χ1) is 23.4. The number of nitrogens with zero attached hydrogens (tertiary/aromatic N) is 5. The minimum absolute atomic E-state index is 0.0573. The second-order valence-electron chi connectivity index (χ2n) is 13.5. The number of halogens is 4. The molecule has 1 atom stereocenters. The van der Waals surface area contributed by atoms with Crippen molar-refractivity contribution in [3.8, 4) is 0 Å². The third-order valence-electron chi connectivity index (χ3n) is 10.3. The highest BCUT2D eigenvalue weighted by atomic mass is 35.5. The van der Waals surface area contributed by atoms with Gasteiger partial charge in [0.05, 0.1) is 22.8 Å². The number of carbonyl (C=O) groups is 3. The van der Waals surface area contributed by atoms with E-state index in [1.165, 1.54) is 17.4 Å². The maximum atomic E-state index is 14.1. The van der Waals surface area contributed by atoms with Crippen molar-refractivity contribution >= 4 is 51.6 Å². The van der Waals surface area contributed by atoms with Crippen molar-refractivity contribution in [1.29, 1.82) is 0 Å². The van der Waals surface area contributed by atoms with Crippen molar-refractivity contribution in [3.05, 3.63) is 45.3 Å². The minimum Gasteiger partial charge on any atom is -0.397 e. The maximum absolute atomic E-state index is 14.1. The Bertz CT molecular complexity index is 1530. The molecule has 11 nitrogen and oxygen atoms in total. The molecule has 0 spiro atoms. The maximum Gasteiger partial charge on any atom is 0.418 e. The summed E-state index contributed by atoms with van der Waals surface area (Å²) in [5.74, 6) is -0.338. The molecule has 0 saturated carbocycles. The number of nitrogens with one attached hydrogen (secondary N) is 2. The number of piperidine rings is 2. The Labute approximate surface area is 293 Å². The summed E-state index contributed by atoms with van der Waals surface area (Å²) in [5.41, 5.74) is 5.23. The fraction of sp³-hybridized carbons (Fsp3) is 0.606. The Kier molecular flexibility index (Phi) is 10.8. The molecule has 0 bridgehead atoms. The number of likely N-dealkylation sites (tertiary alicyclic amines) is 2. The number of fused-ring (bicyclic) bond motifs is 1. The Morgan fingerprint density at radius 1 is 1.02 bits per heavy atom. The van der Waals surface area contributed by atoms with Gasteiger partial charge in [0, 0.05) is 63.3 Å².